The van der Waals surface area contributed by atoms with Crippen LogP contribution in [0.3, 0.4) is 0 Å². The molecule has 146 valence electrons. The van der Waals surface area contributed by atoms with Crippen LogP contribution in [-0.2, 0) is 13.6 Å². The third-order valence-corrected chi connectivity index (χ3v) is 6.62. The third kappa shape index (κ3) is 3.57. The fraction of sp³-hybridized carbons (Fsp3) is 0.350. The lowest BCUT2D eigenvalue weighted by Gasteiger charge is -2.34. The summed E-state index contributed by atoms with van der Waals surface area (Å²) in [5.74, 6) is -0.00584. The van der Waals surface area contributed by atoms with Crippen LogP contribution in [-0.4, -0.2) is 51.4 Å². The molecule has 1 fully saturated rings. The number of carbonyl (C=O) groups excluding carboxylic acids is 1. The predicted molar refractivity (Wildman–Crippen MR) is 112 cm³/mol. The Morgan fingerprint density at radius 2 is 1.86 bits per heavy atom. The van der Waals surface area contributed by atoms with Crippen molar-refractivity contribution in [2.75, 3.05) is 26.2 Å². The normalized spacial score (nSPS) is 15.3. The Morgan fingerprint density at radius 1 is 1.18 bits per heavy atom. The van der Waals surface area contributed by atoms with E-state index in [-0.39, 0.29) is 11.5 Å². The van der Waals surface area contributed by atoms with Gasteiger partial charge < -0.3 is 9.47 Å². The first-order valence-corrected chi connectivity index (χ1v) is 10.3. The topological polar surface area (TPSA) is 58.4 Å². The van der Waals surface area contributed by atoms with Gasteiger partial charge in [-0.25, -0.2) is 4.98 Å². The lowest BCUT2D eigenvalue weighted by atomic mass is 10.1. The predicted octanol–water partition coefficient (Wildman–Crippen LogP) is 2.91. The van der Waals surface area contributed by atoms with Gasteiger partial charge in [-0.05, 0) is 30.2 Å². The van der Waals surface area contributed by atoms with Gasteiger partial charge >= 0.3 is 0 Å². The highest BCUT2D eigenvalue weighted by molar-refractivity contribution is 7.20. The quantitative estimate of drug-likeness (QED) is 0.658. The van der Waals surface area contributed by atoms with Gasteiger partial charge in [-0.1, -0.05) is 23.7 Å². The Kier molecular flexibility index (Phi) is 5.23. The molecular formula is C20H21ClN4O2S. The molecule has 1 aliphatic heterocycles. The maximum atomic E-state index is 13.1. The number of rotatable bonds is 3. The summed E-state index contributed by atoms with van der Waals surface area (Å²) in [5, 5.41) is 1.29. The van der Waals surface area contributed by atoms with Gasteiger partial charge in [-0.15, -0.1) is 11.3 Å². The standard InChI is InChI=1S/C20H21ClN4O2S/c1-13-16-18(22-12-23(2)19(16)26)28-17(13)20(27)25-9-7-24(8-10-25)11-14-3-5-15(21)6-4-14/h3-6,12H,7-11H2,1-2H3. The zero-order chi connectivity index (χ0) is 19.8. The maximum Gasteiger partial charge on any atom is 0.264 e. The zero-order valence-electron chi connectivity index (χ0n) is 15.8. The molecule has 0 atom stereocenters. The Morgan fingerprint density at radius 3 is 2.54 bits per heavy atom. The first kappa shape index (κ1) is 19.1. The van der Waals surface area contributed by atoms with E-state index in [0.29, 0.717) is 28.2 Å². The number of hydrogen-bond acceptors (Lipinski definition) is 5. The van der Waals surface area contributed by atoms with Crippen molar-refractivity contribution in [1.82, 2.24) is 19.4 Å². The number of amides is 1. The van der Waals surface area contributed by atoms with E-state index in [1.54, 1.807) is 7.05 Å². The number of fused-ring (bicyclic) bond motifs is 1. The number of halogens is 1. The van der Waals surface area contributed by atoms with Gasteiger partial charge in [0, 0.05) is 44.8 Å². The van der Waals surface area contributed by atoms with E-state index >= 15 is 0 Å². The van der Waals surface area contributed by atoms with E-state index < -0.39 is 0 Å². The number of aryl methyl sites for hydroxylation is 2. The summed E-state index contributed by atoms with van der Waals surface area (Å²) < 4.78 is 1.45. The maximum absolute atomic E-state index is 13.1. The Labute approximate surface area is 172 Å². The summed E-state index contributed by atoms with van der Waals surface area (Å²) in [5.41, 5.74) is 1.85. The van der Waals surface area contributed by atoms with Crippen molar-refractivity contribution < 1.29 is 4.79 Å². The average Bonchev–Trinajstić information content (AvgIpc) is 3.04. The molecule has 1 aromatic carbocycles. The highest BCUT2D eigenvalue weighted by Crippen LogP contribution is 2.28. The molecule has 3 heterocycles. The summed E-state index contributed by atoms with van der Waals surface area (Å²) in [6, 6.07) is 7.88. The summed E-state index contributed by atoms with van der Waals surface area (Å²) >= 11 is 7.26. The highest BCUT2D eigenvalue weighted by atomic mass is 35.5. The molecule has 0 aliphatic carbocycles. The third-order valence-electron chi connectivity index (χ3n) is 5.18. The first-order valence-electron chi connectivity index (χ1n) is 9.15. The molecule has 8 heteroatoms. The van der Waals surface area contributed by atoms with E-state index in [9.17, 15) is 9.59 Å². The number of thiophene rings is 1. The van der Waals surface area contributed by atoms with E-state index in [0.717, 1.165) is 30.2 Å². The van der Waals surface area contributed by atoms with Crippen molar-refractivity contribution in [3.05, 3.63) is 62.0 Å². The Hall–Kier alpha value is -2.22. The van der Waals surface area contributed by atoms with Gasteiger partial charge in [0.05, 0.1) is 16.6 Å². The number of carbonyl (C=O) groups is 1. The van der Waals surface area contributed by atoms with Crippen molar-refractivity contribution in [3.8, 4) is 0 Å². The monoisotopic (exact) mass is 416 g/mol. The SMILES string of the molecule is Cc1c(C(=O)N2CCN(Cc3ccc(Cl)cc3)CC2)sc2ncn(C)c(=O)c12. The molecule has 1 saturated heterocycles. The molecule has 0 radical (unpaired) electrons. The molecule has 0 bridgehead atoms. The average molecular weight is 417 g/mol. The molecule has 0 saturated carbocycles. The molecule has 2 aromatic heterocycles. The summed E-state index contributed by atoms with van der Waals surface area (Å²) in [7, 11) is 1.67. The summed E-state index contributed by atoms with van der Waals surface area (Å²) in [4.78, 5) is 35.2. The lowest BCUT2D eigenvalue weighted by molar-refractivity contribution is 0.0632. The Balaban J connectivity index is 1.46. The fourth-order valence-electron chi connectivity index (χ4n) is 3.51. The molecular weight excluding hydrogens is 396 g/mol. The van der Waals surface area contributed by atoms with Crippen LogP contribution in [0.2, 0.25) is 5.02 Å². The van der Waals surface area contributed by atoms with Gasteiger partial charge in [-0.3, -0.25) is 14.5 Å². The van der Waals surface area contributed by atoms with Crippen LogP contribution in [0, 0.1) is 6.92 Å². The van der Waals surface area contributed by atoms with Crippen molar-refractivity contribution >= 4 is 39.1 Å². The second kappa shape index (κ2) is 7.66. The van der Waals surface area contributed by atoms with E-state index in [4.69, 9.17) is 11.6 Å². The second-order valence-electron chi connectivity index (χ2n) is 7.09. The second-order valence-corrected chi connectivity index (χ2v) is 8.53. The minimum Gasteiger partial charge on any atom is -0.335 e. The van der Waals surface area contributed by atoms with E-state index in [1.165, 1.54) is 27.8 Å². The number of hydrogen-bond donors (Lipinski definition) is 0. The van der Waals surface area contributed by atoms with E-state index in [1.807, 2.05) is 36.1 Å². The summed E-state index contributed by atoms with van der Waals surface area (Å²) in [6.45, 7) is 5.67. The molecule has 0 N–H and O–H groups in total. The van der Waals surface area contributed by atoms with Crippen LogP contribution in [0.15, 0.2) is 35.4 Å². The van der Waals surface area contributed by atoms with Gasteiger partial charge in [0.15, 0.2) is 0 Å². The van der Waals surface area contributed by atoms with Gasteiger partial charge in [0.25, 0.3) is 11.5 Å². The first-order chi connectivity index (χ1) is 13.4. The number of piperazine rings is 1. The van der Waals surface area contributed by atoms with Crippen LogP contribution >= 0.6 is 22.9 Å². The smallest absolute Gasteiger partial charge is 0.264 e. The molecule has 4 rings (SSSR count). The van der Waals surface area contributed by atoms with Crippen molar-refractivity contribution in [2.24, 2.45) is 7.05 Å². The minimum atomic E-state index is -0.106. The van der Waals surface area contributed by atoms with Crippen LogP contribution < -0.4 is 5.56 Å². The molecule has 3 aromatic rings. The summed E-state index contributed by atoms with van der Waals surface area (Å²) in [6.07, 6.45) is 1.50. The highest BCUT2D eigenvalue weighted by Gasteiger charge is 2.26. The zero-order valence-corrected chi connectivity index (χ0v) is 17.4. The number of nitrogens with zero attached hydrogens (tertiary/aromatic N) is 4. The van der Waals surface area contributed by atoms with Crippen molar-refractivity contribution in [3.63, 3.8) is 0 Å². The number of benzene rings is 1. The van der Waals surface area contributed by atoms with Gasteiger partial charge in [0.1, 0.15) is 4.83 Å². The van der Waals surface area contributed by atoms with Gasteiger partial charge in [0.2, 0.25) is 0 Å². The van der Waals surface area contributed by atoms with Crippen LogP contribution in [0.5, 0.6) is 0 Å². The lowest BCUT2D eigenvalue weighted by Crippen LogP contribution is -2.48. The van der Waals surface area contributed by atoms with Crippen LogP contribution in [0.1, 0.15) is 20.8 Å². The van der Waals surface area contributed by atoms with Crippen LogP contribution in [0.25, 0.3) is 10.2 Å². The van der Waals surface area contributed by atoms with Crippen molar-refractivity contribution in [2.45, 2.75) is 13.5 Å². The molecule has 1 amide bonds. The Bertz CT molecular complexity index is 1080. The van der Waals surface area contributed by atoms with Crippen molar-refractivity contribution in [1.29, 1.82) is 0 Å². The molecule has 28 heavy (non-hydrogen) atoms. The molecule has 0 unspecified atom stereocenters. The van der Waals surface area contributed by atoms with E-state index in [2.05, 4.69) is 9.88 Å². The molecule has 1 aliphatic rings. The number of aromatic nitrogens is 2. The minimum absolute atomic E-state index is 0.00584. The molecule has 0 spiro atoms. The largest absolute Gasteiger partial charge is 0.335 e. The fourth-order valence-corrected chi connectivity index (χ4v) is 4.75. The van der Waals surface area contributed by atoms with Gasteiger partial charge in [-0.2, -0.15) is 0 Å². The van der Waals surface area contributed by atoms with Crippen LogP contribution in [0.4, 0.5) is 0 Å². The molecule has 6 nitrogen and oxygen atoms in total.